The maximum Gasteiger partial charge on any atom is 0.259 e. The quantitative estimate of drug-likeness (QED) is 0.307. The molecule has 0 aliphatic heterocycles. The van der Waals surface area contributed by atoms with Gasteiger partial charge in [-0.15, -0.1) is 0 Å². The lowest BCUT2D eigenvalue weighted by Crippen LogP contribution is -2.12. The molecule has 0 atom stereocenters. The summed E-state index contributed by atoms with van der Waals surface area (Å²) >= 11 is 0. The van der Waals surface area contributed by atoms with Crippen molar-refractivity contribution < 1.29 is 4.79 Å². The van der Waals surface area contributed by atoms with Crippen LogP contribution in [0.1, 0.15) is 5.56 Å². The number of hydrogen-bond donors (Lipinski definition) is 3. The van der Waals surface area contributed by atoms with Crippen LogP contribution in [-0.2, 0) is 4.79 Å². The number of nitrogens with one attached hydrogen (secondary N) is 2. The van der Waals surface area contributed by atoms with E-state index in [0.717, 1.165) is 44.3 Å². The number of nitrogens with zero attached hydrogens (tertiary/aromatic N) is 3. The van der Waals surface area contributed by atoms with Gasteiger partial charge >= 0.3 is 0 Å². The van der Waals surface area contributed by atoms with Crippen LogP contribution in [0.25, 0.3) is 50.4 Å². The molecule has 5 aromatic rings. The van der Waals surface area contributed by atoms with E-state index in [-0.39, 0.29) is 5.57 Å². The molecule has 0 bridgehead atoms. The smallest absolute Gasteiger partial charge is 0.259 e. The Labute approximate surface area is 176 Å². The number of H-pyrrole nitrogens is 2. The summed E-state index contributed by atoms with van der Waals surface area (Å²) < 4.78 is 0. The molecular formula is C24H16N6O. The second-order valence-electron chi connectivity index (χ2n) is 7.08. The second kappa shape index (κ2) is 7.28. The Morgan fingerprint density at radius 1 is 1.00 bits per heavy atom. The second-order valence-corrected chi connectivity index (χ2v) is 7.08. The van der Waals surface area contributed by atoms with Crippen molar-refractivity contribution in [2.45, 2.75) is 0 Å². The van der Waals surface area contributed by atoms with Gasteiger partial charge in [0.2, 0.25) is 0 Å². The van der Waals surface area contributed by atoms with Crippen molar-refractivity contribution in [1.82, 2.24) is 19.9 Å². The average molecular weight is 404 g/mol. The number of benzene rings is 1. The average Bonchev–Trinajstić information content (AvgIpc) is 3.44. The van der Waals surface area contributed by atoms with E-state index in [9.17, 15) is 4.79 Å². The van der Waals surface area contributed by atoms with Crippen LogP contribution in [0.15, 0.2) is 72.8 Å². The van der Waals surface area contributed by atoms with Crippen LogP contribution < -0.4 is 5.73 Å². The maximum atomic E-state index is 11.4. The Kier molecular flexibility index (Phi) is 4.31. The van der Waals surface area contributed by atoms with Crippen LogP contribution in [0.2, 0.25) is 0 Å². The van der Waals surface area contributed by atoms with Gasteiger partial charge in [-0.05, 0) is 47.0 Å². The van der Waals surface area contributed by atoms with Gasteiger partial charge in [0.1, 0.15) is 22.9 Å². The third-order valence-electron chi connectivity index (χ3n) is 5.20. The Balaban J connectivity index is 1.63. The monoisotopic (exact) mass is 404 g/mol. The van der Waals surface area contributed by atoms with Crippen LogP contribution in [0.3, 0.4) is 0 Å². The van der Waals surface area contributed by atoms with Gasteiger partial charge in [-0.1, -0.05) is 18.2 Å². The van der Waals surface area contributed by atoms with Crippen LogP contribution in [0.5, 0.6) is 0 Å². The molecule has 0 radical (unpaired) electrons. The number of fused-ring (bicyclic) bond motifs is 2. The SMILES string of the molecule is N#C/C(=C\c1cccc(-c2cnc3[nH]cc(-c4ccnc5[nH]ccc45)c3c2)c1)C(N)=O. The molecule has 7 heteroatoms. The summed E-state index contributed by atoms with van der Waals surface area (Å²) in [6.07, 6.45) is 8.89. The third kappa shape index (κ3) is 3.22. The number of hydrogen-bond acceptors (Lipinski definition) is 4. The van der Waals surface area contributed by atoms with Crippen molar-refractivity contribution in [2.24, 2.45) is 5.73 Å². The van der Waals surface area contributed by atoms with Crippen LogP contribution >= 0.6 is 0 Å². The summed E-state index contributed by atoms with van der Waals surface area (Å²) in [5.41, 5.74) is 11.4. The van der Waals surface area contributed by atoms with Crippen LogP contribution in [0, 0.1) is 11.3 Å². The van der Waals surface area contributed by atoms with E-state index in [2.05, 4.69) is 26.0 Å². The van der Waals surface area contributed by atoms with Gasteiger partial charge in [0.25, 0.3) is 5.91 Å². The zero-order valence-electron chi connectivity index (χ0n) is 16.3. The molecule has 1 aromatic carbocycles. The molecule has 0 aliphatic carbocycles. The molecule has 31 heavy (non-hydrogen) atoms. The number of pyridine rings is 2. The summed E-state index contributed by atoms with van der Waals surface area (Å²) in [4.78, 5) is 26.7. The number of nitriles is 1. The van der Waals surface area contributed by atoms with E-state index >= 15 is 0 Å². The highest BCUT2D eigenvalue weighted by Crippen LogP contribution is 2.34. The largest absolute Gasteiger partial charge is 0.365 e. The van der Waals surface area contributed by atoms with Crippen molar-refractivity contribution >= 4 is 34.1 Å². The standard InChI is InChI=1S/C24H16N6O/c25-11-16(22(26)31)9-14-2-1-3-15(8-14)17-10-20-21(13-30-24(20)29-12-17)18-4-6-27-23-19(18)5-7-28-23/h1-10,12-13H,(H2,26,31)(H,27,28)(H,29,30)/b16-9+. The van der Waals surface area contributed by atoms with Gasteiger partial charge < -0.3 is 15.7 Å². The molecule has 1 amide bonds. The molecule has 148 valence electrons. The van der Waals surface area contributed by atoms with Crippen molar-refractivity contribution in [3.8, 4) is 28.3 Å². The fourth-order valence-corrected chi connectivity index (χ4v) is 3.71. The van der Waals surface area contributed by atoms with Crippen molar-refractivity contribution in [3.63, 3.8) is 0 Å². The molecule has 0 saturated heterocycles. The summed E-state index contributed by atoms with van der Waals surface area (Å²) in [5, 5.41) is 11.1. The molecule has 4 heterocycles. The van der Waals surface area contributed by atoms with Gasteiger partial charge in [-0.2, -0.15) is 5.26 Å². The number of carbonyl (C=O) groups excluding carboxylic acids is 1. The summed E-state index contributed by atoms with van der Waals surface area (Å²) in [5.74, 6) is -0.749. The lowest BCUT2D eigenvalue weighted by atomic mass is 10.00. The third-order valence-corrected chi connectivity index (χ3v) is 5.20. The fraction of sp³-hybridized carbons (Fsp3) is 0. The minimum Gasteiger partial charge on any atom is -0.365 e. The van der Waals surface area contributed by atoms with E-state index in [1.165, 1.54) is 6.08 Å². The predicted octanol–water partition coefficient (Wildman–Crippen LogP) is 4.17. The number of amides is 1. The van der Waals surface area contributed by atoms with E-state index < -0.39 is 5.91 Å². The van der Waals surface area contributed by atoms with E-state index in [1.807, 2.05) is 54.9 Å². The summed E-state index contributed by atoms with van der Waals surface area (Å²) in [7, 11) is 0. The van der Waals surface area contributed by atoms with E-state index in [0.29, 0.717) is 5.56 Å². The normalized spacial score (nSPS) is 11.6. The molecule has 0 fully saturated rings. The first-order valence-corrected chi connectivity index (χ1v) is 9.55. The highest BCUT2D eigenvalue weighted by atomic mass is 16.1. The first-order valence-electron chi connectivity index (χ1n) is 9.55. The molecule has 0 unspecified atom stereocenters. The Morgan fingerprint density at radius 3 is 2.71 bits per heavy atom. The van der Waals surface area contributed by atoms with Crippen LogP contribution in [0.4, 0.5) is 0 Å². The highest BCUT2D eigenvalue weighted by molar-refractivity contribution is 6.03. The molecule has 7 nitrogen and oxygen atoms in total. The maximum absolute atomic E-state index is 11.4. The minimum atomic E-state index is -0.749. The molecule has 0 spiro atoms. The topological polar surface area (TPSA) is 124 Å². The number of carbonyl (C=O) groups is 1. The molecule has 4 N–H and O–H groups in total. The fourth-order valence-electron chi connectivity index (χ4n) is 3.71. The molecule has 4 aromatic heterocycles. The lowest BCUT2D eigenvalue weighted by molar-refractivity contribution is -0.114. The number of rotatable bonds is 4. The minimum absolute atomic E-state index is 0.0909. The zero-order valence-corrected chi connectivity index (χ0v) is 16.3. The number of aromatic nitrogens is 4. The Bertz CT molecular complexity index is 1530. The first-order chi connectivity index (χ1) is 15.1. The predicted molar refractivity (Wildman–Crippen MR) is 119 cm³/mol. The molecular weight excluding hydrogens is 388 g/mol. The number of aromatic amines is 2. The summed E-state index contributed by atoms with van der Waals surface area (Å²) in [6, 6.07) is 15.4. The highest BCUT2D eigenvalue weighted by Gasteiger charge is 2.13. The lowest BCUT2D eigenvalue weighted by Gasteiger charge is -2.06. The van der Waals surface area contributed by atoms with E-state index in [1.54, 1.807) is 12.4 Å². The van der Waals surface area contributed by atoms with Crippen LogP contribution in [-0.4, -0.2) is 25.8 Å². The van der Waals surface area contributed by atoms with Gasteiger partial charge in [0.15, 0.2) is 0 Å². The van der Waals surface area contributed by atoms with Gasteiger partial charge in [0.05, 0.1) is 0 Å². The number of nitrogens with two attached hydrogens (primary N) is 1. The van der Waals surface area contributed by atoms with Gasteiger partial charge in [-0.25, -0.2) is 9.97 Å². The zero-order chi connectivity index (χ0) is 21.4. The number of primary amides is 1. The van der Waals surface area contributed by atoms with E-state index in [4.69, 9.17) is 11.0 Å². The molecule has 0 aliphatic rings. The van der Waals surface area contributed by atoms with Gasteiger partial charge in [-0.3, -0.25) is 4.79 Å². The molecule has 5 rings (SSSR count). The van der Waals surface area contributed by atoms with Crippen molar-refractivity contribution in [1.29, 1.82) is 5.26 Å². The van der Waals surface area contributed by atoms with Crippen molar-refractivity contribution in [2.75, 3.05) is 0 Å². The Hall–Kier alpha value is -4.70. The Morgan fingerprint density at radius 2 is 1.87 bits per heavy atom. The van der Waals surface area contributed by atoms with Gasteiger partial charge in [0, 0.05) is 46.7 Å². The summed E-state index contributed by atoms with van der Waals surface area (Å²) in [6.45, 7) is 0. The molecule has 0 saturated carbocycles. The van der Waals surface area contributed by atoms with Crippen molar-refractivity contribution in [3.05, 3.63) is 78.4 Å². The first kappa shape index (κ1) is 18.3.